The Kier molecular flexibility index (Phi) is 6.63. The van der Waals surface area contributed by atoms with Crippen LogP contribution in [0.5, 0.6) is 0 Å². The average molecular weight is 501 g/mol. The molecule has 1 fully saturated rings. The number of hydrogen-bond donors (Lipinski definition) is 1. The highest BCUT2D eigenvalue weighted by molar-refractivity contribution is 7.13. The van der Waals surface area contributed by atoms with Crippen LogP contribution >= 0.6 is 11.3 Å². The first kappa shape index (κ1) is 24.8. The molecule has 4 heterocycles. The first-order chi connectivity index (χ1) is 16.4. The molecule has 1 N–H and O–H groups in total. The topological polar surface area (TPSA) is 101 Å². The van der Waals surface area contributed by atoms with Crippen molar-refractivity contribution in [2.75, 3.05) is 36.4 Å². The quantitative estimate of drug-likeness (QED) is 0.548. The number of thiophene rings is 1. The second kappa shape index (κ2) is 9.37. The van der Waals surface area contributed by atoms with Crippen LogP contribution in [0.4, 0.5) is 21.2 Å². The van der Waals surface area contributed by atoms with Gasteiger partial charge in [0, 0.05) is 26.2 Å². The van der Waals surface area contributed by atoms with Crippen molar-refractivity contribution in [1.29, 1.82) is 0 Å². The van der Waals surface area contributed by atoms with Gasteiger partial charge in [-0.05, 0) is 53.0 Å². The third-order valence-electron chi connectivity index (χ3n) is 5.11. The van der Waals surface area contributed by atoms with E-state index in [1.54, 1.807) is 22.4 Å². The average Bonchev–Trinajstić information content (AvgIpc) is 3.40. The molecule has 0 spiro atoms. The summed E-state index contributed by atoms with van der Waals surface area (Å²) in [5, 5.41) is 4.73. The lowest BCUT2D eigenvalue weighted by molar-refractivity contribution is 0.0240. The van der Waals surface area contributed by atoms with Crippen LogP contribution in [0.1, 0.15) is 41.5 Å². The maximum atomic E-state index is 12.5. The predicted octanol–water partition coefficient (Wildman–Crippen LogP) is 4.86. The maximum Gasteiger partial charge on any atom is 0.413 e. The van der Waals surface area contributed by atoms with E-state index in [0.29, 0.717) is 43.5 Å². The van der Waals surface area contributed by atoms with Gasteiger partial charge in [-0.1, -0.05) is 6.07 Å². The van der Waals surface area contributed by atoms with Gasteiger partial charge in [0.05, 0.1) is 23.0 Å². The third-order valence-corrected chi connectivity index (χ3v) is 6.00. The second-order valence-corrected chi connectivity index (χ2v) is 11.3. The third kappa shape index (κ3) is 6.02. The minimum Gasteiger partial charge on any atom is -0.444 e. The fraction of sp³-hybridized carbons (Fsp3) is 0.500. The Bertz CT molecular complexity index is 1200. The molecular weight excluding hydrogens is 468 g/mol. The van der Waals surface area contributed by atoms with Crippen LogP contribution in [0.2, 0.25) is 0 Å². The summed E-state index contributed by atoms with van der Waals surface area (Å²) in [6, 6.07) is 3.99. The minimum atomic E-state index is -0.619. The van der Waals surface area contributed by atoms with Gasteiger partial charge in [-0.15, -0.1) is 11.3 Å². The molecule has 0 aliphatic carbocycles. The highest BCUT2D eigenvalue weighted by atomic mass is 32.1. The number of rotatable bonds is 3. The number of hydrogen-bond acceptors (Lipinski definition) is 8. The van der Waals surface area contributed by atoms with E-state index < -0.39 is 17.3 Å². The van der Waals surface area contributed by atoms with Gasteiger partial charge in [-0.3, -0.25) is 9.72 Å². The molecule has 1 saturated heterocycles. The molecule has 0 aromatic carbocycles. The van der Waals surface area contributed by atoms with Crippen molar-refractivity contribution in [2.45, 2.75) is 52.7 Å². The van der Waals surface area contributed by atoms with E-state index in [9.17, 15) is 9.59 Å². The Hall–Kier alpha value is -3.34. The van der Waals surface area contributed by atoms with Crippen molar-refractivity contribution in [3.05, 3.63) is 29.9 Å². The van der Waals surface area contributed by atoms with Crippen LogP contribution in [0.25, 0.3) is 16.2 Å². The molecule has 3 aromatic rings. The molecule has 2 amide bonds. The van der Waals surface area contributed by atoms with Crippen molar-refractivity contribution < 1.29 is 19.1 Å². The number of nitrogens with one attached hydrogen (secondary N) is 1. The minimum absolute atomic E-state index is 0.312. The van der Waals surface area contributed by atoms with Gasteiger partial charge in [-0.25, -0.2) is 19.6 Å². The number of imidazole rings is 1. The zero-order valence-electron chi connectivity index (χ0n) is 21.0. The molecule has 10 nitrogen and oxygen atoms in total. The molecule has 3 aromatic heterocycles. The number of fused-ring (bicyclic) bond motifs is 1. The lowest BCUT2D eigenvalue weighted by Gasteiger charge is -2.36. The fourth-order valence-electron chi connectivity index (χ4n) is 3.69. The molecule has 35 heavy (non-hydrogen) atoms. The van der Waals surface area contributed by atoms with Gasteiger partial charge in [0.2, 0.25) is 0 Å². The SMILES string of the molecule is CC(C)(C)OC(=O)Nc1cn2c(-c3cccs3)cnc(N3CCN(C(=O)OC(C)(C)C)CC3)c2n1. The first-order valence-electron chi connectivity index (χ1n) is 11.5. The number of aromatic nitrogens is 3. The number of ether oxygens (including phenoxy) is 2. The summed E-state index contributed by atoms with van der Waals surface area (Å²) in [5.41, 5.74) is 0.335. The number of amides is 2. The summed E-state index contributed by atoms with van der Waals surface area (Å²) in [6.45, 7) is 13.2. The molecule has 1 aliphatic heterocycles. The van der Waals surface area contributed by atoms with E-state index in [-0.39, 0.29) is 6.09 Å². The normalized spacial score (nSPS) is 14.8. The lowest BCUT2D eigenvalue weighted by Crippen LogP contribution is -2.50. The van der Waals surface area contributed by atoms with Crippen molar-refractivity contribution in [2.24, 2.45) is 0 Å². The largest absolute Gasteiger partial charge is 0.444 e. The monoisotopic (exact) mass is 500 g/mol. The van der Waals surface area contributed by atoms with Crippen LogP contribution in [0, 0.1) is 0 Å². The van der Waals surface area contributed by atoms with Crippen molar-refractivity contribution in [1.82, 2.24) is 19.3 Å². The maximum absolute atomic E-state index is 12.5. The number of nitrogens with zero attached hydrogens (tertiary/aromatic N) is 5. The van der Waals surface area contributed by atoms with Gasteiger partial charge >= 0.3 is 12.2 Å². The predicted molar refractivity (Wildman–Crippen MR) is 136 cm³/mol. The first-order valence-corrected chi connectivity index (χ1v) is 12.4. The molecule has 1 aliphatic rings. The second-order valence-electron chi connectivity index (χ2n) is 10.3. The molecular formula is C24H32N6O4S. The molecule has 0 bridgehead atoms. The van der Waals surface area contributed by atoms with Crippen LogP contribution in [-0.2, 0) is 9.47 Å². The molecule has 0 unspecified atom stereocenters. The summed E-state index contributed by atoms with van der Waals surface area (Å²) in [5.74, 6) is 1.06. The van der Waals surface area contributed by atoms with Gasteiger partial charge in [0.15, 0.2) is 17.3 Å². The smallest absolute Gasteiger partial charge is 0.413 e. The molecule has 0 radical (unpaired) electrons. The summed E-state index contributed by atoms with van der Waals surface area (Å²) in [7, 11) is 0. The Balaban J connectivity index is 1.60. The van der Waals surface area contributed by atoms with Crippen molar-refractivity contribution in [3.8, 4) is 10.6 Å². The summed E-state index contributed by atoms with van der Waals surface area (Å²) >= 11 is 1.60. The number of carbonyl (C=O) groups is 2. The van der Waals surface area contributed by atoms with E-state index in [2.05, 4.69) is 15.2 Å². The zero-order chi connectivity index (χ0) is 25.4. The van der Waals surface area contributed by atoms with Gasteiger partial charge in [-0.2, -0.15) is 0 Å². The molecule has 11 heteroatoms. The summed E-state index contributed by atoms with van der Waals surface area (Å²) < 4.78 is 12.8. The van der Waals surface area contributed by atoms with E-state index in [4.69, 9.17) is 14.5 Å². The zero-order valence-corrected chi connectivity index (χ0v) is 21.8. The van der Waals surface area contributed by atoms with E-state index in [0.717, 1.165) is 10.6 Å². The van der Waals surface area contributed by atoms with Gasteiger partial charge < -0.3 is 19.3 Å². The standard InChI is InChI=1S/C24H32N6O4S/c1-23(2,3)33-21(31)27-18-15-30-16(17-8-7-13-35-17)14-25-19(20(30)26-18)28-9-11-29(12-10-28)22(32)34-24(4,5)6/h7-8,13-15H,9-12H2,1-6H3,(H,27,31). The lowest BCUT2D eigenvalue weighted by atomic mass is 10.2. The molecule has 0 atom stereocenters. The van der Waals surface area contributed by atoms with Crippen LogP contribution in [-0.4, -0.2) is 68.8 Å². The van der Waals surface area contributed by atoms with Crippen LogP contribution in [0.3, 0.4) is 0 Å². The molecule has 4 rings (SSSR count). The molecule has 0 saturated carbocycles. The highest BCUT2D eigenvalue weighted by Crippen LogP contribution is 2.30. The number of carbonyl (C=O) groups excluding carboxylic acids is 2. The Morgan fingerprint density at radius 2 is 1.71 bits per heavy atom. The van der Waals surface area contributed by atoms with E-state index >= 15 is 0 Å². The van der Waals surface area contributed by atoms with E-state index in [1.165, 1.54) is 0 Å². The van der Waals surface area contributed by atoms with Gasteiger partial charge in [0.1, 0.15) is 11.2 Å². The Morgan fingerprint density at radius 1 is 1.03 bits per heavy atom. The van der Waals surface area contributed by atoms with E-state index in [1.807, 2.05) is 69.7 Å². The van der Waals surface area contributed by atoms with Crippen molar-refractivity contribution >= 4 is 40.8 Å². The highest BCUT2D eigenvalue weighted by Gasteiger charge is 2.28. The van der Waals surface area contributed by atoms with Crippen LogP contribution in [0.15, 0.2) is 29.9 Å². The Morgan fingerprint density at radius 3 is 2.31 bits per heavy atom. The van der Waals surface area contributed by atoms with Gasteiger partial charge in [0.25, 0.3) is 0 Å². The fourth-order valence-corrected chi connectivity index (χ4v) is 4.42. The van der Waals surface area contributed by atoms with Crippen LogP contribution < -0.4 is 10.2 Å². The summed E-state index contributed by atoms with van der Waals surface area (Å²) in [6.07, 6.45) is 2.70. The molecule has 188 valence electrons. The van der Waals surface area contributed by atoms with Crippen molar-refractivity contribution in [3.63, 3.8) is 0 Å². The Labute approximate surface area is 208 Å². The number of anilines is 2. The number of piperazine rings is 1. The summed E-state index contributed by atoms with van der Waals surface area (Å²) in [4.78, 5) is 39.1.